The standard InChI is InChI=1S/C36H55NO11P2/c1-9-29(26-17-20-28(21-18-26)47-34(39)11-3)30(10-2)27-19-22-32(48-35(40)12-4)31(25-27)37-33(38)23-24-36(49(41,43-13-5)44-14-6)50(42,45-15-7)46-16-8/h17-22,25,29-30,36H,9-16,23-24H2,1-8H3,(H,37,38). The number of carbonyl (C=O) groups excluding carboxylic acids is 3. The van der Waals surface area contributed by atoms with E-state index in [0.717, 1.165) is 24.0 Å². The maximum absolute atomic E-state index is 13.9. The van der Waals surface area contributed by atoms with Crippen molar-refractivity contribution < 1.29 is 51.1 Å². The first kappa shape index (κ1) is 43.3. The minimum absolute atomic E-state index is 0.0188. The summed E-state index contributed by atoms with van der Waals surface area (Å²) in [6.45, 7) is 14.2. The molecule has 0 saturated heterocycles. The zero-order chi connectivity index (χ0) is 37.3. The van der Waals surface area contributed by atoms with Crippen LogP contribution in [0.2, 0.25) is 0 Å². The van der Waals surface area contributed by atoms with E-state index in [2.05, 4.69) is 19.2 Å². The summed E-state index contributed by atoms with van der Waals surface area (Å²) >= 11 is 0. The number of ether oxygens (including phenoxy) is 2. The van der Waals surface area contributed by atoms with Crippen molar-refractivity contribution in [3.63, 3.8) is 0 Å². The van der Waals surface area contributed by atoms with Gasteiger partial charge in [0.15, 0.2) is 11.1 Å². The fourth-order valence-corrected chi connectivity index (χ4v) is 11.1. The predicted octanol–water partition coefficient (Wildman–Crippen LogP) is 9.58. The molecule has 2 aromatic rings. The number of carbonyl (C=O) groups is 3. The van der Waals surface area contributed by atoms with Crippen LogP contribution in [0.1, 0.15) is 117 Å². The maximum atomic E-state index is 13.9. The van der Waals surface area contributed by atoms with Crippen molar-refractivity contribution in [2.45, 2.75) is 111 Å². The lowest BCUT2D eigenvalue weighted by atomic mass is 9.78. The van der Waals surface area contributed by atoms with Gasteiger partial charge in [0.25, 0.3) is 0 Å². The molecule has 0 radical (unpaired) electrons. The smallest absolute Gasteiger partial charge is 0.345 e. The molecule has 1 N–H and O–H groups in total. The van der Waals surface area contributed by atoms with Gasteiger partial charge in [0.05, 0.1) is 32.1 Å². The third-order valence-corrected chi connectivity index (χ3v) is 14.2. The first-order valence-corrected chi connectivity index (χ1v) is 20.8. The number of rotatable bonds is 23. The summed E-state index contributed by atoms with van der Waals surface area (Å²) in [5, 5.41) is 1.52. The van der Waals surface area contributed by atoms with Gasteiger partial charge in [-0.3, -0.25) is 23.5 Å². The summed E-state index contributed by atoms with van der Waals surface area (Å²) < 4.78 is 61.0. The Balaban J connectivity index is 2.47. The number of benzene rings is 2. The predicted molar refractivity (Wildman–Crippen MR) is 194 cm³/mol. The van der Waals surface area contributed by atoms with Gasteiger partial charge in [-0.25, -0.2) is 0 Å². The largest absolute Gasteiger partial charge is 0.427 e. The fraction of sp³-hybridized carbons (Fsp3) is 0.583. The van der Waals surface area contributed by atoms with E-state index in [1.54, 1.807) is 65.8 Å². The van der Waals surface area contributed by atoms with Crippen molar-refractivity contribution in [3.8, 4) is 11.5 Å². The van der Waals surface area contributed by atoms with E-state index in [1.165, 1.54) is 0 Å². The Kier molecular flexibility index (Phi) is 18.6. The monoisotopic (exact) mass is 739 g/mol. The van der Waals surface area contributed by atoms with Crippen LogP contribution in [0.25, 0.3) is 0 Å². The molecule has 0 aliphatic heterocycles. The van der Waals surface area contributed by atoms with Crippen molar-refractivity contribution in [2.24, 2.45) is 0 Å². The molecule has 280 valence electrons. The van der Waals surface area contributed by atoms with Crippen molar-refractivity contribution in [2.75, 3.05) is 31.7 Å². The molecule has 0 spiro atoms. The Morgan fingerprint density at radius 3 is 1.56 bits per heavy atom. The second kappa shape index (κ2) is 21.5. The normalized spacial score (nSPS) is 13.1. The molecule has 2 unspecified atom stereocenters. The quantitative estimate of drug-likeness (QED) is 0.0659. The lowest BCUT2D eigenvalue weighted by Gasteiger charge is -2.31. The summed E-state index contributed by atoms with van der Waals surface area (Å²) in [7, 11) is -8.10. The second-order valence-electron chi connectivity index (χ2n) is 11.3. The van der Waals surface area contributed by atoms with E-state index in [0.29, 0.717) is 5.75 Å². The summed E-state index contributed by atoms with van der Waals surface area (Å²) in [4.78, 5) is 37.7. The van der Waals surface area contributed by atoms with Gasteiger partial charge >= 0.3 is 27.1 Å². The van der Waals surface area contributed by atoms with E-state index in [9.17, 15) is 23.5 Å². The molecule has 14 heteroatoms. The van der Waals surface area contributed by atoms with Gasteiger partial charge in [-0.2, -0.15) is 0 Å². The highest BCUT2D eigenvalue weighted by Gasteiger charge is 2.50. The Morgan fingerprint density at radius 1 is 0.640 bits per heavy atom. The molecule has 2 aromatic carbocycles. The van der Waals surface area contributed by atoms with Gasteiger partial charge < -0.3 is 32.9 Å². The molecule has 1 amide bonds. The number of hydrogen-bond acceptors (Lipinski definition) is 11. The first-order chi connectivity index (χ1) is 23.9. The van der Waals surface area contributed by atoms with Gasteiger partial charge in [-0.1, -0.05) is 45.9 Å². The number of amides is 1. The lowest BCUT2D eigenvalue weighted by molar-refractivity contribution is -0.134. The molecule has 0 saturated carbocycles. The van der Waals surface area contributed by atoms with Crippen LogP contribution in [-0.4, -0.2) is 49.7 Å². The molecule has 2 atom stereocenters. The molecule has 0 fully saturated rings. The maximum Gasteiger partial charge on any atom is 0.345 e. The van der Waals surface area contributed by atoms with Crippen LogP contribution in [0.3, 0.4) is 0 Å². The Labute approximate surface area is 297 Å². The second-order valence-corrected chi connectivity index (χ2v) is 16.2. The van der Waals surface area contributed by atoms with Crippen molar-refractivity contribution >= 4 is 38.7 Å². The van der Waals surface area contributed by atoms with E-state index >= 15 is 0 Å². The summed E-state index contributed by atoms with van der Waals surface area (Å²) in [6, 6.07) is 12.8. The van der Waals surface area contributed by atoms with Gasteiger partial charge in [-0.15, -0.1) is 0 Å². The van der Waals surface area contributed by atoms with Gasteiger partial charge in [0, 0.05) is 19.3 Å². The zero-order valence-corrected chi connectivity index (χ0v) is 32.5. The average molecular weight is 740 g/mol. The number of esters is 2. The van der Waals surface area contributed by atoms with E-state index < -0.39 is 32.5 Å². The number of hydrogen-bond donors (Lipinski definition) is 1. The highest BCUT2D eigenvalue weighted by molar-refractivity contribution is 7.72. The summed E-state index contributed by atoms with van der Waals surface area (Å²) in [5.41, 5.74) is 2.27. The van der Waals surface area contributed by atoms with Crippen molar-refractivity contribution in [3.05, 3.63) is 53.6 Å². The first-order valence-electron chi connectivity index (χ1n) is 17.6. The molecule has 0 aromatic heterocycles. The Bertz CT molecular complexity index is 1430. The molecule has 0 heterocycles. The van der Waals surface area contributed by atoms with Gasteiger partial charge in [-0.05, 0) is 94.2 Å². The molecule has 12 nitrogen and oxygen atoms in total. The van der Waals surface area contributed by atoms with Crippen LogP contribution in [0.4, 0.5) is 5.69 Å². The average Bonchev–Trinajstić information content (AvgIpc) is 3.08. The van der Waals surface area contributed by atoms with Crippen LogP contribution < -0.4 is 14.8 Å². The van der Waals surface area contributed by atoms with Crippen LogP contribution >= 0.6 is 15.2 Å². The lowest BCUT2D eigenvalue weighted by Crippen LogP contribution is -2.21. The van der Waals surface area contributed by atoms with E-state index in [-0.39, 0.29) is 81.4 Å². The fourth-order valence-electron chi connectivity index (χ4n) is 5.75. The number of nitrogens with one attached hydrogen (secondary N) is 1. The third kappa shape index (κ3) is 12.1. The minimum Gasteiger partial charge on any atom is -0.427 e. The van der Waals surface area contributed by atoms with Crippen LogP contribution in [-0.2, 0) is 41.6 Å². The van der Waals surface area contributed by atoms with Crippen LogP contribution in [0.15, 0.2) is 42.5 Å². The molecular weight excluding hydrogens is 684 g/mol. The van der Waals surface area contributed by atoms with Crippen LogP contribution in [0.5, 0.6) is 11.5 Å². The topological polar surface area (TPSA) is 153 Å². The molecular formula is C36H55NO11P2. The zero-order valence-electron chi connectivity index (χ0n) is 30.7. The van der Waals surface area contributed by atoms with E-state index in [4.69, 9.17) is 27.6 Å². The van der Waals surface area contributed by atoms with Gasteiger partial charge in [0.1, 0.15) is 5.75 Å². The highest BCUT2D eigenvalue weighted by atomic mass is 31.2. The minimum atomic E-state index is -4.05. The molecule has 0 aliphatic rings. The Morgan fingerprint density at radius 2 is 1.10 bits per heavy atom. The molecule has 50 heavy (non-hydrogen) atoms. The SMILES string of the molecule is CCOP(=O)(OCC)C(CCC(=O)Nc1cc(C(CC)C(CC)c2ccc(OC(=O)CC)cc2)ccc1OC(=O)CC)P(=O)(OCC)OCC. The molecule has 2 rings (SSSR count). The molecule has 0 bridgehead atoms. The van der Waals surface area contributed by atoms with Gasteiger partial charge in [0.2, 0.25) is 5.91 Å². The highest BCUT2D eigenvalue weighted by Crippen LogP contribution is 2.71. The van der Waals surface area contributed by atoms with Crippen molar-refractivity contribution in [1.29, 1.82) is 0 Å². The molecule has 0 aliphatic carbocycles. The van der Waals surface area contributed by atoms with E-state index in [1.807, 2.05) is 18.2 Å². The van der Waals surface area contributed by atoms with Crippen LogP contribution in [0, 0.1) is 0 Å². The third-order valence-electron chi connectivity index (χ3n) is 8.01. The number of anilines is 1. The summed E-state index contributed by atoms with van der Waals surface area (Å²) in [5.74, 6) is -0.514. The Hall–Kier alpha value is -2.85. The van der Waals surface area contributed by atoms with Crippen molar-refractivity contribution in [1.82, 2.24) is 0 Å². The summed E-state index contributed by atoms with van der Waals surface area (Å²) in [6.07, 6.45) is 1.55.